The predicted molar refractivity (Wildman–Crippen MR) is 103 cm³/mol. The number of benzene rings is 2. The second kappa shape index (κ2) is 8.07. The van der Waals surface area contributed by atoms with Crippen LogP contribution in [0.2, 0.25) is 0 Å². The Morgan fingerprint density at radius 1 is 1.16 bits per heavy atom. The van der Waals surface area contributed by atoms with Crippen molar-refractivity contribution in [3.63, 3.8) is 0 Å². The van der Waals surface area contributed by atoms with Gasteiger partial charge in [0.05, 0.1) is 34.6 Å². The summed E-state index contributed by atoms with van der Waals surface area (Å²) in [5.41, 5.74) is 1.93. The first-order valence-corrected chi connectivity index (χ1v) is 8.92. The quantitative estimate of drug-likeness (QED) is 0.460. The minimum absolute atomic E-state index is 0.263. The van der Waals surface area contributed by atoms with Gasteiger partial charge in [-0.25, -0.2) is 4.39 Å². The highest BCUT2D eigenvalue weighted by atomic mass is 127. The molecule has 0 saturated heterocycles. The highest BCUT2D eigenvalue weighted by molar-refractivity contribution is 14.1. The number of halogens is 2. The summed E-state index contributed by atoms with van der Waals surface area (Å²) in [4.78, 5) is 12.4. The standard InChI is InChI=1S/C19H17FINO3/c20-14-6-7-16-15(10-14)19(24)18(21)17(11-23)22(16)8-9-25-12-13-4-2-1-3-5-13/h1-7,10,23H,8-9,11-12H2. The first-order valence-electron chi connectivity index (χ1n) is 7.84. The van der Waals surface area contributed by atoms with Crippen molar-refractivity contribution in [3.8, 4) is 0 Å². The molecule has 25 heavy (non-hydrogen) atoms. The van der Waals surface area contributed by atoms with Crippen LogP contribution in [0.5, 0.6) is 0 Å². The van der Waals surface area contributed by atoms with E-state index in [9.17, 15) is 14.3 Å². The zero-order chi connectivity index (χ0) is 17.8. The number of nitrogens with zero attached hydrogens (tertiary/aromatic N) is 1. The van der Waals surface area contributed by atoms with Crippen LogP contribution in [0.3, 0.4) is 0 Å². The molecule has 0 fully saturated rings. The Labute approximate surface area is 158 Å². The van der Waals surface area contributed by atoms with Gasteiger partial charge in [-0.15, -0.1) is 0 Å². The lowest BCUT2D eigenvalue weighted by Crippen LogP contribution is -2.21. The first-order chi connectivity index (χ1) is 12.1. The zero-order valence-electron chi connectivity index (χ0n) is 13.4. The van der Waals surface area contributed by atoms with Crippen LogP contribution < -0.4 is 5.43 Å². The first kappa shape index (κ1) is 18.0. The number of hydrogen-bond acceptors (Lipinski definition) is 3. The molecule has 3 rings (SSSR count). The van der Waals surface area contributed by atoms with Gasteiger partial charge in [0, 0.05) is 11.9 Å². The Bertz CT molecular complexity index is 941. The molecule has 4 nitrogen and oxygen atoms in total. The smallest absolute Gasteiger partial charge is 0.203 e. The minimum Gasteiger partial charge on any atom is -0.390 e. The molecule has 3 aromatic rings. The molecule has 0 bridgehead atoms. The van der Waals surface area contributed by atoms with Crippen LogP contribution in [-0.4, -0.2) is 16.3 Å². The Hall–Kier alpha value is -1.77. The van der Waals surface area contributed by atoms with Crippen LogP contribution in [0.4, 0.5) is 4.39 Å². The van der Waals surface area contributed by atoms with Crippen molar-refractivity contribution in [2.24, 2.45) is 0 Å². The van der Waals surface area contributed by atoms with E-state index in [2.05, 4.69) is 0 Å². The molecule has 2 aromatic carbocycles. The number of aliphatic hydroxyl groups excluding tert-OH is 1. The fourth-order valence-electron chi connectivity index (χ4n) is 2.77. The van der Waals surface area contributed by atoms with Crippen molar-refractivity contribution in [1.29, 1.82) is 0 Å². The zero-order valence-corrected chi connectivity index (χ0v) is 15.6. The largest absolute Gasteiger partial charge is 0.390 e. The monoisotopic (exact) mass is 453 g/mol. The maximum atomic E-state index is 13.5. The molecule has 6 heteroatoms. The molecule has 0 saturated carbocycles. The third-order valence-electron chi connectivity index (χ3n) is 3.99. The third-order valence-corrected chi connectivity index (χ3v) is 5.11. The van der Waals surface area contributed by atoms with E-state index in [1.54, 1.807) is 6.07 Å². The lowest BCUT2D eigenvalue weighted by atomic mass is 10.1. The van der Waals surface area contributed by atoms with Crippen molar-refractivity contribution < 1.29 is 14.2 Å². The van der Waals surface area contributed by atoms with Gasteiger partial charge in [0.15, 0.2) is 0 Å². The third kappa shape index (κ3) is 3.91. The van der Waals surface area contributed by atoms with Gasteiger partial charge < -0.3 is 14.4 Å². The molecule has 0 unspecified atom stereocenters. The summed E-state index contributed by atoms with van der Waals surface area (Å²) in [5.74, 6) is -0.455. The fraction of sp³-hybridized carbons (Fsp3) is 0.211. The summed E-state index contributed by atoms with van der Waals surface area (Å²) in [5, 5.41) is 10.0. The second-order valence-corrected chi connectivity index (χ2v) is 6.68. The van der Waals surface area contributed by atoms with Crippen molar-refractivity contribution in [2.45, 2.75) is 19.8 Å². The molecule has 130 valence electrons. The lowest BCUT2D eigenvalue weighted by Gasteiger charge is -2.17. The Balaban J connectivity index is 1.87. The van der Waals surface area contributed by atoms with E-state index in [0.717, 1.165) is 5.56 Å². The van der Waals surface area contributed by atoms with Crippen LogP contribution >= 0.6 is 22.6 Å². The van der Waals surface area contributed by atoms with Gasteiger partial charge in [-0.3, -0.25) is 4.79 Å². The number of fused-ring (bicyclic) bond motifs is 1. The van der Waals surface area contributed by atoms with Crippen LogP contribution in [0.25, 0.3) is 10.9 Å². The lowest BCUT2D eigenvalue weighted by molar-refractivity contribution is 0.112. The molecular formula is C19H17FINO3. The van der Waals surface area contributed by atoms with E-state index >= 15 is 0 Å². The van der Waals surface area contributed by atoms with E-state index < -0.39 is 5.82 Å². The maximum Gasteiger partial charge on any atom is 0.203 e. The van der Waals surface area contributed by atoms with Gasteiger partial charge in [0.1, 0.15) is 5.82 Å². The van der Waals surface area contributed by atoms with Crippen LogP contribution in [0, 0.1) is 9.39 Å². The highest BCUT2D eigenvalue weighted by Crippen LogP contribution is 2.19. The van der Waals surface area contributed by atoms with Gasteiger partial charge in [0.25, 0.3) is 0 Å². The second-order valence-electron chi connectivity index (χ2n) is 5.60. The maximum absolute atomic E-state index is 13.5. The van der Waals surface area contributed by atoms with Gasteiger partial charge in [-0.2, -0.15) is 0 Å². The molecular weight excluding hydrogens is 436 g/mol. The van der Waals surface area contributed by atoms with Crippen LogP contribution in [-0.2, 0) is 24.5 Å². The van der Waals surface area contributed by atoms with Gasteiger partial charge in [-0.05, 0) is 46.4 Å². The predicted octanol–water partition coefficient (Wildman–Crippen LogP) is 3.45. The Morgan fingerprint density at radius 3 is 2.64 bits per heavy atom. The van der Waals surface area contributed by atoms with Crippen LogP contribution in [0.1, 0.15) is 11.3 Å². The number of rotatable bonds is 6. The van der Waals surface area contributed by atoms with E-state index in [-0.39, 0.29) is 12.0 Å². The molecule has 0 aliphatic rings. The molecule has 0 spiro atoms. The SMILES string of the molecule is O=c1c(I)c(CO)n(CCOCc2ccccc2)c2ccc(F)cc12. The van der Waals surface area contributed by atoms with E-state index in [1.807, 2.05) is 57.5 Å². The molecule has 0 amide bonds. The van der Waals surface area contributed by atoms with E-state index in [4.69, 9.17) is 4.74 Å². The molecule has 0 atom stereocenters. The normalized spacial score (nSPS) is 11.2. The van der Waals surface area contributed by atoms with Gasteiger partial charge in [-0.1, -0.05) is 30.3 Å². The molecule has 1 heterocycles. The summed E-state index contributed by atoms with van der Waals surface area (Å²) in [6, 6.07) is 13.9. The molecule has 0 radical (unpaired) electrons. The fourth-order valence-corrected chi connectivity index (χ4v) is 3.52. The number of pyridine rings is 1. The van der Waals surface area contributed by atoms with Crippen molar-refractivity contribution in [2.75, 3.05) is 6.61 Å². The summed E-state index contributed by atoms with van der Waals surface area (Å²) in [7, 11) is 0. The van der Waals surface area contributed by atoms with Gasteiger partial charge >= 0.3 is 0 Å². The average Bonchev–Trinajstić information content (AvgIpc) is 2.63. The van der Waals surface area contributed by atoms with Crippen LogP contribution in [0.15, 0.2) is 53.3 Å². The van der Waals surface area contributed by atoms with E-state index in [1.165, 1.54) is 12.1 Å². The summed E-state index contributed by atoms with van der Waals surface area (Å²) < 4.78 is 21.5. The molecule has 0 aliphatic carbocycles. The van der Waals surface area contributed by atoms with Gasteiger partial charge in [0.2, 0.25) is 5.43 Å². The molecule has 1 N–H and O–H groups in total. The number of aromatic nitrogens is 1. The van der Waals surface area contributed by atoms with Crippen molar-refractivity contribution in [3.05, 3.63) is 79.4 Å². The highest BCUT2D eigenvalue weighted by Gasteiger charge is 2.15. The average molecular weight is 453 g/mol. The summed E-state index contributed by atoms with van der Waals surface area (Å²) >= 11 is 1.90. The summed E-state index contributed by atoms with van der Waals surface area (Å²) in [6.07, 6.45) is 0. The van der Waals surface area contributed by atoms with Crippen molar-refractivity contribution >= 4 is 33.5 Å². The summed E-state index contributed by atoms with van der Waals surface area (Å²) in [6.45, 7) is 1.09. The Morgan fingerprint density at radius 2 is 1.92 bits per heavy atom. The molecule has 1 aromatic heterocycles. The minimum atomic E-state index is -0.455. The number of aliphatic hydroxyl groups is 1. The number of hydrogen-bond donors (Lipinski definition) is 1. The Kier molecular flexibility index (Phi) is 5.82. The molecule has 0 aliphatic heterocycles. The topological polar surface area (TPSA) is 51.5 Å². The van der Waals surface area contributed by atoms with Crippen molar-refractivity contribution in [1.82, 2.24) is 4.57 Å². The number of ether oxygens (including phenoxy) is 1. The van der Waals surface area contributed by atoms with E-state index in [0.29, 0.717) is 39.9 Å².